The number of halogens is 1. The molecular formula is C16H18ClN3. The first-order chi connectivity index (χ1) is 9.81. The quantitative estimate of drug-likeness (QED) is 0.939. The van der Waals surface area contributed by atoms with Gasteiger partial charge in [-0.3, -0.25) is 4.98 Å². The first-order valence-electron chi connectivity index (χ1n) is 7.35. The number of nitrogens with one attached hydrogen (secondary N) is 1. The summed E-state index contributed by atoms with van der Waals surface area (Å²) in [4.78, 5) is 6.97. The second-order valence-electron chi connectivity index (χ2n) is 5.84. The maximum atomic E-state index is 6.27. The fraction of sp³-hybridized carbons (Fsp3) is 0.438. The fourth-order valence-corrected chi connectivity index (χ4v) is 3.29. The zero-order valence-corrected chi connectivity index (χ0v) is 12.1. The van der Waals surface area contributed by atoms with Crippen LogP contribution < -0.4 is 10.2 Å². The van der Waals surface area contributed by atoms with E-state index in [4.69, 9.17) is 11.6 Å². The van der Waals surface area contributed by atoms with E-state index < -0.39 is 0 Å². The fourth-order valence-electron chi connectivity index (χ4n) is 3.08. The third-order valence-electron chi connectivity index (χ3n) is 4.27. The molecule has 1 aromatic heterocycles. The topological polar surface area (TPSA) is 28.2 Å². The van der Waals surface area contributed by atoms with Crippen molar-refractivity contribution in [3.8, 4) is 0 Å². The molecule has 1 unspecified atom stereocenters. The molecule has 2 heterocycles. The number of aromatic nitrogens is 1. The Morgan fingerprint density at radius 1 is 1.15 bits per heavy atom. The van der Waals surface area contributed by atoms with Gasteiger partial charge in [-0.2, -0.15) is 0 Å². The van der Waals surface area contributed by atoms with E-state index >= 15 is 0 Å². The van der Waals surface area contributed by atoms with Crippen LogP contribution in [0.5, 0.6) is 0 Å². The van der Waals surface area contributed by atoms with Crippen LogP contribution in [0.4, 0.5) is 5.69 Å². The van der Waals surface area contributed by atoms with Gasteiger partial charge in [0.05, 0.1) is 16.2 Å². The summed E-state index contributed by atoms with van der Waals surface area (Å²) in [5.41, 5.74) is 2.23. The number of nitrogens with zero attached hydrogens (tertiary/aromatic N) is 2. The van der Waals surface area contributed by atoms with Crippen molar-refractivity contribution in [1.29, 1.82) is 0 Å². The lowest BCUT2D eigenvalue weighted by molar-refractivity contribution is 0.548. The molecule has 2 fully saturated rings. The molecular weight excluding hydrogens is 270 g/mol. The first-order valence-corrected chi connectivity index (χ1v) is 7.73. The molecule has 2 aromatic rings. The van der Waals surface area contributed by atoms with Crippen molar-refractivity contribution in [2.75, 3.05) is 18.0 Å². The molecule has 1 saturated heterocycles. The number of rotatable bonds is 3. The summed E-state index contributed by atoms with van der Waals surface area (Å²) in [6.07, 6.45) is 5.76. The van der Waals surface area contributed by atoms with Gasteiger partial charge in [0.1, 0.15) is 0 Å². The van der Waals surface area contributed by atoms with E-state index in [1.54, 1.807) is 0 Å². The minimum atomic E-state index is 0.622. The third-order valence-corrected chi connectivity index (χ3v) is 4.60. The lowest BCUT2D eigenvalue weighted by atomic mass is 10.2. The van der Waals surface area contributed by atoms with Crippen LogP contribution in [0.3, 0.4) is 0 Å². The molecule has 1 aliphatic heterocycles. The van der Waals surface area contributed by atoms with Crippen molar-refractivity contribution in [2.45, 2.75) is 31.3 Å². The highest BCUT2D eigenvalue weighted by molar-refractivity contribution is 6.35. The molecule has 104 valence electrons. The Hall–Kier alpha value is -1.32. The molecule has 1 atom stereocenters. The number of anilines is 1. The third kappa shape index (κ3) is 2.25. The normalized spacial score (nSPS) is 22.6. The van der Waals surface area contributed by atoms with Crippen molar-refractivity contribution in [3.63, 3.8) is 0 Å². The van der Waals surface area contributed by atoms with Crippen LogP contribution in [0, 0.1) is 0 Å². The maximum Gasteiger partial charge on any atom is 0.0950 e. The SMILES string of the molecule is Clc1ccc(N2CCC(NC3CC3)C2)c2ncccc12. The van der Waals surface area contributed by atoms with Gasteiger partial charge in [-0.15, -0.1) is 0 Å². The predicted octanol–water partition coefficient (Wildman–Crippen LogP) is 3.22. The largest absolute Gasteiger partial charge is 0.368 e. The van der Waals surface area contributed by atoms with Crippen LogP contribution in [0.2, 0.25) is 5.02 Å². The zero-order chi connectivity index (χ0) is 13.5. The highest BCUT2D eigenvalue weighted by atomic mass is 35.5. The van der Waals surface area contributed by atoms with Gasteiger partial charge >= 0.3 is 0 Å². The maximum absolute atomic E-state index is 6.27. The van der Waals surface area contributed by atoms with Crippen molar-refractivity contribution >= 4 is 28.2 Å². The van der Waals surface area contributed by atoms with Gasteiger partial charge in [-0.05, 0) is 43.5 Å². The van der Waals surface area contributed by atoms with Gasteiger partial charge in [0.15, 0.2) is 0 Å². The Balaban J connectivity index is 1.63. The smallest absolute Gasteiger partial charge is 0.0950 e. The molecule has 1 aliphatic carbocycles. The molecule has 0 radical (unpaired) electrons. The average molecular weight is 288 g/mol. The molecule has 1 saturated carbocycles. The van der Waals surface area contributed by atoms with Gasteiger partial charge in [-0.1, -0.05) is 11.6 Å². The monoisotopic (exact) mass is 287 g/mol. The number of pyridine rings is 1. The Morgan fingerprint density at radius 2 is 2.05 bits per heavy atom. The average Bonchev–Trinajstić information content (AvgIpc) is 3.16. The molecule has 0 bridgehead atoms. The molecule has 3 nitrogen and oxygen atoms in total. The lowest BCUT2D eigenvalue weighted by Gasteiger charge is -2.20. The van der Waals surface area contributed by atoms with Crippen LogP contribution in [0.25, 0.3) is 10.9 Å². The Kier molecular flexibility index (Phi) is 3.04. The number of fused-ring (bicyclic) bond motifs is 1. The van der Waals surface area contributed by atoms with E-state index in [9.17, 15) is 0 Å². The van der Waals surface area contributed by atoms with Crippen molar-refractivity contribution < 1.29 is 0 Å². The van der Waals surface area contributed by atoms with Gasteiger partial charge in [-0.25, -0.2) is 0 Å². The van der Waals surface area contributed by atoms with E-state index in [-0.39, 0.29) is 0 Å². The summed E-state index contributed by atoms with van der Waals surface area (Å²) in [6, 6.07) is 9.49. The summed E-state index contributed by atoms with van der Waals surface area (Å²) >= 11 is 6.27. The molecule has 4 rings (SSSR count). The molecule has 20 heavy (non-hydrogen) atoms. The highest BCUT2D eigenvalue weighted by Gasteiger charge is 2.29. The Morgan fingerprint density at radius 3 is 2.90 bits per heavy atom. The van der Waals surface area contributed by atoms with Crippen LogP contribution in [-0.2, 0) is 0 Å². The van der Waals surface area contributed by atoms with E-state index in [1.807, 2.05) is 24.4 Å². The van der Waals surface area contributed by atoms with Crippen LogP contribution in [0.1, 0.15) is 19.3 Å². The van der Waals surface area contributed by atoms with Gasteiger partial charge in [0.25, 0.3) is 0 Å². The second-order valence-corrected chi connectivity index (χ2v) is 6.25. The summed E-state index contributed by atoms with van der Waals surface area (Å²) in [5, 5.41) is 5.55. The summed E-state index contributed by atoms with van der Waals surface area (Å²) in [5.74, 6) is 0. The summed E-state index contributed by atoms with van der Waals surface area (Å²) in [6.45, 7) is 2.17. The van der Waals surface area contributed by atoms with E-state index in [2.05, 4.69) is 21.3 Å². The molecule has 2 aliphatic rings. The molecule has 1 aromatic carbocycles. The number of hydrogen-bond donors (Lipinski definition) is 1. The van der Waals surface area contributed by atoms with Gasteiger partial charge in [0.2, 0.25) is 0 Å². The molecule has 4 heteroatoms. The van der Waals surface area contributed by atoms with Crippen molar-refractivity contribution in [2.24, 2.45) is 0 Å². The second kappa shape index (κ2) is 4.90. The van der Waals surface area contributed by atoms with Crippen LogP contribution in [0.15, 0.2) is 30.5 Å². The lowest BCUT2D eigenvalue weighted by Crippen LogP contribution is -2.34. The van der Waals surface area contributed by atoms with E-state index in [0.717, 1.165) is 35.1 Å². The molecule has 0 amide bonds. The van der Waals surface area contributed by atoms with Gasteiger partial charge in [0, 0.05) is 36.8 Å². The summed E-state index contributed by atoms with van der Waals surface area (Å²) in [7, 11) is 0. The zero-order valence-electron chi connectivity index (χ0n) is 11.3. The number of benzene rings is 1. The van der Waals surface area contributed by atoms with Crippen LogP contribution in [-0.4, -0.2) is 30.2 Å². The molecule has 1 N–H and O–H groups in total. The van der Waals surface area contributed by atoms with Crippen molar-refractivity contribution in [3.05, 3.63) is 35.5 Å². The minimum absolute atomic E-state index is 0.622. The first kappa shape index (κ1) is 12.4. The standard InChI is InChI=1S/C16H18ClN3/c17-14-5-6-15(16-13(14)2-1-8-18-16)20-9-7-12(10-20)19-11-3-4-11/h1-2,5-6,8,11-12,19H,3-4,7,9-10H2. The molecule has 0 spiro atoms. The number of hydrogen-bond acceptors (Lipinski definition) is 3. The van der Waals surface area contributed by atoms with E-state index in [0.29, 0.717) is 6.04 Å². The van der Waals surface area contributed by atoms with Crippen LogP contribution >= 0.6 is 11.6 Å². The summed E-state index contributed by atoms with van der Waals surface area (Å²) < 4.78 is 0. The van der Waals surface area contributed by atoms with Crippen molar-refractivity contribution in [1.82, 2.24) is 10.3 Å². The van der Waals surface area contributed by atoms with Gasteiger partial charge < -0.3 is 10.2 Å². The minimum Gasteiger partial charge on any atom is -0.368 e. The Labute approximate surface area is 123 Å². The predicted molar refractivity (Wildman–Crippen MR) is 83.5 cm³/mol. The Bertz CT molecular complexity index is 639. The highest BCUT2D eigenvalue weighted by Crippen LogP contribution is 2.32. The van der Waals surface area contributed by atoms with E-state index in [1.165, 1.54) is 24.9 Å².